The summed E-state index contributed by atoms with van der Waals surface area (Å²) >= 11 is 0. The van der Waals surface area contributed by atoms with Gasteiger partial charge in [0.25, 0.3) is 0 Å². The van der Waals surface area contributed by atoms with E-state index >= 15 is 0 Å². The molecular formula is C13H17NO4. The number of piperidine rings is 1. The number of esters is 1. The first-order valence-corrected chi connectivity index (χ1v) is 6.21. The van der Waals surface area contributed by atoms with Crippen LogP contribution in [0, 0.1) is 5.92 Å². The van der Waals surface area contributed by atoms with E-state index in [0.29, 0.717) is 24.5 Å². The summed E-state index contributed by atoms with van der Waals surface area (Å²) in [5.74, 6) is 0.906. The molecule has 0 spiro atoms. The van der Waals surface area contributed by atoms with E-state index in [4.69, 9.17) is 9.15 Å². The lowest BCUT2D eigenvalue weighted by atomic mass is 9.97. The van der Waals surface area contributed by atoms with E-state index in [9.17, 15) is 9.59 Å². The maximum atomic E-state index is 11.6. The predicted molar refractivity (Wildman–Crippen MR) is 65.7 cm³/mol. The average molecular weight is 251 g/mol. The van der Waals surface area contributed by atoms with Crippen molar-refractivity contribution < 1.29 is 18.7 Å². The highest BCUT2D eigenvalue weighted by Gasteiger charge is 2.27. The predicted octanol–water partition coefficient (Wildman–Crippen LogP) is 1.87. The van der Waals surface area contributed by atoms with Crippen LogP contribution >= 0.6 is 0 Å². The Morgan fingerprint density at radius 3 is 2.78 bits per heavy atom. The molecule has 18 heavy (non-hydrogen) atoms. The van der Waals surface area contributed by atoms with Crippen LogP contribution in [-0.4, -0.2) is 32.0 Å². The normalized spacial score (nSPS) is 16.6. The van der Waals surface area contributed by atoms with Gasteiger partial charge in [0.2, 0.25) is 0 Å². The van der Waals surface area contributed by atoms with Gasteiger partial charge >= 0.3 is 5.97 Å². The van der Waals surface area contributed by atoms with Crippen LogP contribution in [0.25, 0.3) is 0 Å². The van der Waals surface area contributed by atoms with Crippen molar-refractivity contribution in [2.24, 2.45) is 5.92 Å². The van der Waals surface area contributed by atoms with Gasteiger partial charge in [-0.25, -0.2) is 0 Å². The fraction of sp³-hybridized carbons (Fsp3) is 0.538. The van der Waals surface area contributed by atoms with Crippen molar-refractivity contribution >= 4 is 18.1 Å². The fourth-order valence-electron chi connectivity index (χ4n) is 2.17. The molecule has 1 aromatic heterocycles. The third-order valence-corrected chi connectivity index (χ3v) is 3.16. The Morgan fingerprint density at radius 1 is 1.50 bits per heavy atom. The van der Waals surface area contributed by atoms with Gasteiger partial charge in [-0.05, 0) is 25.8 Å². The van der Waals surface area contributed by atoms with Crippen LogP contribution in [0.1, 0.15) is 30.3 Å². The molecule has 0 atom stereocenters. The minimum atomic E-state index is -0.106. The number of carbonyl (C=O) groups is 2. The standard InChI is InChI=1S/C13H17NO4/c1-2-17-13(16)10-5-7-14(8-6-10)12-4-3-11(9-15)18-12/h3-4,9-10H,2,5-8H2,1H3. The first-order valence-electron chi connectivity index (χ1n) is 6.21. The molecule has 5 nitrogen and oxygen atoms in total. The molecule has 0 bridgehead atoms. The number of anilines is 1. The van der Waals surface area contributed by atoms with E-state index in [1.807, 2.05) is 11.8 Å². The fourth-order valence-corrected chi connectivity index (χ4v) is 2.17. The monoisotopic (exact) mass is 251 g/mol. The first-order chi connectivity index (χ1) is 8.74. The van der Waals surface area contributed by atoms with Gasteiger partial charge in [-0.1, -0.05) is 0 Å². The van der Waals surface area contributed by atoms with Gasteiger partial charge < -0.3 is 14.1 Å². The van der Waals surface area contributed by atoms with Crippen molar-refractivity contribution in [3.63, 3.8) is 0 Å². The summed E-state index contributed by atoms with van der Waals surface area (Å²) < 4.78 is 10.4. The molecule has 0 radical (unpaired) electrons. The van der Waals surface area contributed by atoms with Crippen molar-refractivity contribution in [1.29, 1.82) is 0 Å². The second-order valence-corrected chi connectivity index (χ2v) is 4.31. The minimum absolute atomic E-state index is 0.0123. The molecule has 98 valence electrons. The summed E-state index contributed by atoms with van der Waals surface area (Å²) in [7, 11) is 0. The Hall–Kier alpha value is -1.78. The molecule has 0 N–H and O–H groups in total. The molecule has 5 heteroatoms. The molecule has 1 aliphatic heterocycles. The van der Waals surface area contributed by atoms with Crippen LogP contribution in [0.2, 0.25) is 0 Å². The molecule has 0 saturated carbocycles. The van der Waals surface area contributed by atoms with Gasteiger partial charge in [-0.2, -0.15) is 0 Å². The molecule has 0 aromatic carbocycles. The van der Waals surface area contributed by atoms with Crippen LogP contribution in [0.3, 0.4) is 0 Å². The number of aldehydes is 1. The molecule has 1 saturated heterocycles. The Kier molecular flexibility index (Phi) is 4.02. The lowest BCUT2D eigenvalue weighted by Gasteiger charge is -2.30. The van der Waals surface area contributed by atoms with E-state index in [-0.39, 0.29) is 11.9 Å². The SMILES string of the molecule is CCOC(=O)C1CCN(c2ccc(C=O)o2)CC1. The summed E-state index contributed by atoms with van der Waals surface area (Å²) in [5, 5.41) is 0. The maximum Gasteiger partial charge on any atom is 0.309 e. The summed E-state index contributed by atoms with van der Waals surface area (Å²) in [6.07, 6.45) is 2.21. The van der Waals surface area contributed by atoms with E-state index in [1.54, 1.807) is 12.1 Å². The van der Waals surface area contributed by atoms with Crippen LogP contribution in [0.15, 0.2) is 16.5 Å². The number of furan rings is 1. The van der Waals surface area contributed by atoms with E-state index in [1.165, 1.54) is 0 Å². The molecule has 1 fully saturated rings. The number of hydrogen-bond donors (Lipinski definition) is 0. The highest BCUT2D eigenvalue weighted by Crippen LogP contribution is 2.25. The second-order valence-electron chi connectivity index (χ2n) is 4.31. The Morgan fingerprint density at radius 2 is 2.22 bits per heavy atom. The molecule has 0 aliphatic carbocycles. The number of ether oxygens (including phenoxy) is 1. The molecule has 1 aromatic rings. The molecule has 1 aliphatic rings. The molecule has 2 rings (SSSR count). The Bertz CT molecular complexity index is 418. The lowest BCUT2D eigenvalue weighted by Crippen LogP contribution is -2.36. The largest absolute Gasteiger partial charge is 0.466 e. The van der Waals surface area contributed by atoms with Gasteiger partial charge in [0.1, 0.15) is 0 Å². The highest BCUT2D eigenvalue weighted by atomic mass is 16.5. The maximum absolute atomic E-state index is 11.6. The topological polar surface area (TPSA) is 59.8 Å². The third-order valence-electron chi connectivity index (χ3n) is 3.16. The zero-order chi connectivity index (χ0) is 13.0. The van der Waals surface area contributed by atoms with Crippen LogP contribution < -0.4 is 4.90 Å². The van der Waals surface area contributed by atoms with E-state index in [2.05, 4.69) is 0 Å². The quantitative estimate of drug-likeness (QED) is 0.604. The summed E-state index contributed by atoms with van der Waals surface area (Å²) in [4.78, 5) is 24.2. The van der Waals surface area contributed by atoms with Crippen molar-refractivity contribution in [3.05, 3.63) is 17.9 Å². The second kappa shape index (κ2) is 5.71. The lowest BCUT2D eigenvalue weighted by molar-refractivity contribution is -0.148. The molecular weight excluding hydrogens is 234 g/mol. The van der Waals surface area contributed by atoms with Crippen molar-refractivity contribution in [3.8, 4) is 0 Å². The summed E-state index contributed by atoms with van der Waals surface area (Å²) in [6.45, 7) is 3.74. The molecule has 0 amide bonds. The van der Waals surface area contributed by atoms with Gasteiger partial charge in [-0.15, -0.1) is 0 Å². The number of hydrogen-bond acceptors (Lipinski definition) is 5. The average Bonchev–Trinajstić information content (AvgIpc) is 2.88. The van der Waals surface area contributed by atoms with Crippen LogP contribution in [-0.2, 0) is 9.53 Å². The third kappa shape index (κ3) is 2.72. The zero-order valence-electron chi connectivity index (χ0n) is 10.4. The Balaban J connectivity index is 1.90. The number of carbonyl (C=O) groups excluding carboxylic acids is 2. The van der Waals surface area contributed by atoms with Gasteiger partial charge in [0.15, 0.2) is 17.9 Å². The smallest absolute Gasteiger partial charge is 0.309 e. The summed E-state index contributed by atoms with van der Waals surface area (Å²) in [5.41, 5.74) is 0. The molecule has 0 unspecified atom stereocenters. The highest BCUT2D eigenvalue weighted by molar-refractivity contribution is 5.73. The van der Waals surface area contributed by atoms with Crippen LogP contribution in [0.4, 0.5) is 5.88 Å². The van der Waals surface area contributed by atoms with Crippen LogP contribution in [0.5, 0.6) is 0 Å². The number of nitrogens with zero attached hydrogens (tertiary/aromatic N) is 1. The van der Waals surface area contributed by atoms with E-state index in [0.717, 1.165) is 25.9 Å². The Labute approximate surface area is 106 Å². The molecule has 2 heterocycles. The van der Waals surface area contributed by atoms with Gasteiger partial charge in [0, 0.05) is 19.2 Å². The van der Waals surface area contributed by atoms with Gasteiger partial charge in [-0.3, -0.25) is 9.59 Å². The van der Waals surface area contributed by atoms with Crippen molar-refractivity contribution in [1.82, 2.24) is 0 Å². The first kappa shape index (κ1) is 12.7. The minimum Gasteiger partial charge on any atom is -0.466 e. The van der Waals surface area contributed by atoms with Crippen molar-refractivity contribution in [2.45, 2.75) is 19.8 Å². The summed E-state index contributed by atoms with van der Waals surface area (Å²) in [6, 6.07) is 3.44. The van der Waals surface area contributed by atoms with Crippen molar-refractivity contribution in [2.75, 3.05) is 24.6 Å². The zero-order valence-corrected chi connectivity index (χ0v) is 10.4. The van der Waals surface area contributed by atoms with E-state index < -0.39 is 0 Å². The number of rotatable bonds is 4. The van der Waals surface area contributed by atoms with Gasteiger partial charge in [0.05, 0.1) is 12.5 Å².